The normalized spacial score (nSPS) is 12.0. The van der Waals surface area contributed by atoms with Gasteiger partial charge in [-0.15, -0.1) is 11.3 Å². The Morgan fingerprint density at radius 1 is 0.407 bits per heavy atom. The number of nitrogens with zero attached hydrogens (tertiary/aromatic N) is 1. The summed E-state index contributed by atoms with van der Waals surface area (Å²) in [5.41, 5.74) is 9.63. The van der Waals surface area contributed by atoms with Crippen molar-refractivity contribution >= 4 is 80.9 Å². The van der Waals surface area contributed by atoms with Gasteiger partial charge in [0, 0.05) is 36.8 Å². The van der Waals surface area contributed by atoms with Gasteiger partial charge in [-0.05, 0) is 97.1 Å². The number of hydrogen-bond acceptors (Lipinski definition) is 2. The minimum Gasteiger partial charge on any atom is -0.309 e. The zero-order valence-electron chi connectivity index (χ0n) is 30.7. The SMILES string of the molecule is CC(C)(C)c1ccc(N(c2cccc(-c3ccc4sc5ccccc5c4c3)c2-c2cccc3ccccc23)c2cc3ccccc3c3ccccc23)cc1. The van der Waals surface area contributed by atoms with E-state index in [4.69, 9.17) is 0 Å². The van der Waals surface area contributed by atoms with Crippen LogP contribution in [0.15, 0.2) is 182 Å². The molecule has 0 fully saturated rings. The maximum absolute atomic E-state index is 2.51. The third kappa shape index (κ3) is 5.37. The summed E-state index contributed by atoms with van der Waals surface area (Å²) in [6, 6.07) is 67.6. The second-order valence-corrected chi connectivity index (χ2v) is 16.4. The molecule has 0 spiro atoms. The van der Waals surface area contributed by atoms with E-state index in [1.165, 1.54) is 80.3 Å². The average molecular weight is 710 g/mol. The standard InChI is InChI=1S/C52H39NS/c1-52(2,3)37-27-29-38(30-28-37)53(48-33-35-15-5-7-18-40(35)42-19-8-9-20-43(42)48)47-24-13-22-41(51(47)45-23-12-16-34-14-4-6-17-39(34)45)36-26-31-50-46(32-36)44-21-10-11-25-49(44)54-50/h4-33H,1-3H3. The Bertz CT molecular complexity index is 3030. The van der Waals surface area contributed by atoms with Crippen molar-refractivity contribution in [2.24, 2.45) is 0 Å². The quantitative estimate of drug-likeness (QED) is 0.161. The van der Waals surface area contributed by atoms with Crippen LogP contribution in [0.1, 0.15) is 26.3 Å². The molecule has 54 heavy (non-hydrogen) atoms. The highest BCUT2D eigenvalue weighted by Gasteiger charge is 2.25. The molecule has 0 aliphatic rings. The summed E-state index contributed by atoms with van der Waals surface area (Å²) in [6.07, 6.45) is 0. The van der Waals surface area contributed by atoms with E-state index in [0.29, 0.717) is 0 Å². The molecule has 0 N–H and O–H groups in total. The Hall–Kier alpha value is -6.22. The van der Waals surface area contributed by atoms with Crippen molar-refractivity contribution in [3.63, 3.8) is 0 Å². The maximum atomic E-state index is 2.51. The van der Waals surface area contributed by atoms with Crippen LogP contribution in [0.4, 0.5) is 17.1 Å². The number of thiophene rings is 1. The van der Waals surface area contributed by atoms with Gasteiger partial charge in [0.15, 0.2) is 0 Å². The fraction of sp³-hybridized carbons (Fsp3) is 0.0769. The zero-order valence-corrected chi connectivity index (χ0v) is 31.5. The fourth-order valence-electron chi connectivity index (χ4n) is 8.33. The summed E-state index contributed by atoms with van der Waals surface area (Å²) in [5, 5.41) is 10.0. The zero-order chi connectivity index (χ0) is 36.4. The molecule has 0 saturated carbocycles. The lowest BCUT2D eigenvalue weighted by Crippen LogP contribution is -2.14. The van der Waals surface area contributed by atoms with Gasteiger partial charge in [-0.25, -0.2) is 0 Å². The average Bonchev–Trinajstić information content (AvgIpc) is 3.59. The van der Waals surface area contributed by atoms with Crippen LogP contribution in [0.25, 0.3) is 74.7 Å². The van der Waals surface area contributed by atoms with Gasteiger partial charge >= 0.3 is 0 Å². The molecule has 0 unspecified atom stereocenters. The third-order valence-electron chi connectivity index (χ3n) is 11.0. The molecule has 0 bridgehead atoms. The molecule has 9 aromatic carbocycles. The summed E-state index contributed by atoms with van der Waals surface area (Å²) >= 11 is 1.87. The highest BCUT2D eigenvalue weighted by molar-refractivity contribution is 7.25. The van der Waals surface area contributed by atoms with Gasteiger partial charge in [0.05, 0.1) is 11.4 Å². The molecule has 0 atom stereocenters. The molecule has 1 nitrogen and oxygen atoms in total. The smallest absolute Gasteiger partial charge is 0.0546 e. The molecule has 1 aromatic heterocycles. The largest absolute Gasteiger partial charge is 0.309 e. The molecule has 258 valence electrons. The van der Waals surface area contributed by atoms with E-state index < -0.39 is 0 Å². The van der Waals surface area contributed by atoms with Crippen molar-refractivity contribution in [1.29, 1.82) is 0 Å². The fourth-order valence-corrected chi connectivity index (χ4v) is 9.41. The third-order valence-corrected chi connectivity index (χ3v) is 12.2. The molecule has 0 amide bonds. The lowest BCUT2D eigenvalue weighted by molar-refractivity contribution is 0.590. The molecule has 0 radical (unpaired) electrons. The second kappa shape index (κ2) is 12.7. The number of fused-ring (bicyclic) bond motifs is 7. The van der Waals surface area contributed by atoms with Gasteiger partial charge in [0.2, 0.25) is 0 Å². The van der Waals surface area contributed by atoms with Crippen LogP contribution >= 0.6 is 11.3 Å². The van der Waals surface area contributed by atoms with Crippen molar-refractivity contribution in [2.75, 3.05) is 4.90 Å². The number of anilines is 3. The van der Waals surface area contributed by atoms with Crippen LogP contribution in [0.2, 0.25) is 0 Å². The van der Waals surface area contributed by atoms with Crippen LogP contribution in [-0.4, -0.2) is 0 Å². The van der Waals surface area contributed by atoms with Gasteiger partial charge in [0.1, 0.15) is 0 Å². The topological polar surface area (TPSA) is 3.24 Å². The minimum atomic E-state index is 0.0392. The van der Waals surface area contributed by atoms with E-state index in [2.05, 4.69) is 208 Å². The van der Waals surface area contributed by atoms with Crippen molar-refractivity contribution in [1.82, 2.24) is 0 Å². The van der Waals surface area contributed by atoms with Gasteiger partial charge in [0.25, 0.3) is 0 Å². The van der Waals surface area contributed by atoms with Crippen LogP contribution in [0.3, 0.4) is 0 Å². The molecule has 1 heterocycles. The van der Waals surface area contributed by atoms with E-state index in [1.54, 1.807) is 0 Å². The van der Waals surface area contributed by atoms with E-state index in [0.717, 1.165) is 17.1 Å². The number of benzene rings is 9. The summed E-state index contributed by atoms with van der Waals surface area (Å²) < 4.78 is 2.63. The van der Waals surface area contributed by atoms with E-state index in [1.807, 2.05) is 11.3 Å². The Kier molecular flexibility index (Phi) is 7.64. The van der Waals surface area contributed by atoms with Crippen molar-refractivity contribution in [3.8, 4) is 22.3 Å². The maximum Gasteiger partial charge on any atom is 0.0546 e. The monoisotopic (exact) mass is 709 g/mol. The lowest BCUT2D eigenvalue weighted by Gasteiger charge is -2.31. The molecule has 10 rings (SSSR count). The summed E-state index contributed by atoms with van der Waals surface area (Å²) in [4.78, 5) is 2.51. The summed E-state index contributed by atoms with van der Waals surface area (Å²) in [7, 11) is 0. The Balaban J connectivity index is 1.33. The minimum absolute atomic E-state index is 0.0392. The Morgan fingerprint density at radius 3 is 1.81 bits per heavy atom. The van der Waals surface area contributed by atoms with Gasteiger partial charge < -0.3 is 4.90 Å². The first-order valence-electron chi connectivity index (χ1n) is 18.8. The van der Waals surface area contributed by atoms with E-state index in [9.17, 15) is 0 Å². The highest BCUT2D eigenvalue weighted by atomic mass is 32.1. The van der Waals surface area contributed by atoms with E-state index in [-0.39, 0.29) is 5.41 Å². The molecule has 0 aliphatic carbocycles. The highest BCUT2D eigenvalue weighted by Crippen LogP contribution is 2.50. The molecular formula is C52H39NS. The van der Waals surface area contributed by atoms with Crippen LogP contribution in [0.5, 0.6) is 0 Å². The Labute approximate surface area is 320 Å². The molecule has 0 aliphatic heterocycles. The van der Waals surface area contributed by atoms with Gasteiger partial charge in [-0.1, -0.05) is 160 Å². The second-order valence-electron chi connectivity index (χ2n) is 15.3. The van der Waals surface area contributed by atoms with E-state index >= 15 is 0 Å². The lowest BCUT2D eigenvalue weighted by atomic mass is 9.86. The number of hydrogen-bond donors (Lipinski definition) is 0. The Morgan fingerprint density at radius 2 is 1.02 bits per heavy atom. The number of rotatable bonds is 5. The first-order valence-corrected chi connectivity index (χ1v) is 19.6. The van der Waals surface area contributed by atoms with Gasteiger partial charge in [-0.2, -0.15) is 0 Å². The van der Waals surface area contributed by atoms with Crippen molar-refractivity contribution in [2.45, 2.75) is 26.2 Å². The van der Waals surface area contributed by atoms with Crippen LogP contribution < -0.4 is 4.90 Å². The van der Waals surface area contributed by atoms with Crippen LogP contribution in [0, 0.1) is 0 Å². The first-order chi connectivity index (χ1) is 26.4. The predicted molar refractivity (Wildman–Crippen MR) is 236 cm³/mol. The van der Waals surface area contributed by atoms with Gasteiger partial charge in [-0.3, -0.25) is 0 Å². The summed E-state index contributed by atoms with van der Waals surface area (Å²) in [5.74, 6) is 0. The predicted octanol–water partition coefficient (Wildman–Crippen LogP) is 15.6. The van der Waals surface area contributed by atoms with Crippen molar-refractivity contribution < 1.29 is 0 Å². The van der Waals surface area contributed by atoms with Crippen LogP contribution in [-0.2, 0) is 5.41 Å². The first kappa shape index (κ1) is 32.4. The van der Waals surface area contributed by atoms with Crippen molar-refractivity contribution in [3.05, 3.63) is 188 Å². The molecule has 10 aromatic rings. The molecule has 2 heteroatoms. The molecule has 0 saturated heterocycles. The summed E-state index contributed by atoms with van der Waals surface area (Å²) in [6.45, 7) is 6.85. The molecular weight excluding hydrogens is 671 g/mol.